The molecule has 1 saturated heterocycles. The van der Waals surface area contributed by atoms with Crippen molar-refractivity contribution in [3.63, 3.8) is 0 Å². The second-order valence-corrected chi connectivity index (χ2v) is 10.1. The smallest absolute Gasteiger partial charge is 0.407 e. The molecule has 0 unspecified atom stereocenters. The maximum absolute atomic E-state index is 14.3. The van der Waals surface area contributed by atoms with Crippen molar-refractivity contribution in [3.8, 4) is 0 Å². The Kier molecular flexibility index (Phi) is 10.1. The van der Waals surface area contributed by atoms with Crippen molar-refractivity contribution in [1.82, 2.24) is 15.5 Å². The number of nitrogens with zero attached hydrogens (tertiary/aromatic N) is 1. The van der Waals surface area contributed by atoms with Crippen LogP contribution in [0.2, 0.25) is 0 Å². The van der Waals surface area contributed by atoms with Crippen LogP contribution in [-0.4, -0.2) is 53.9 Å². The fourth-order valence-electron chi connectivity index (χ4n) is 5.14. The number of carbonyl (C=O) groups excluding carboxylic acids is 3. The first-order valence-electron chi connectivity index (χ1n) is 13.9. The summed E-state index contributed by atoms with van der Waals surface area (Å²) in [6, 6.07) is 24.6. The molecular formula is C32H37N5O4. The van der Waals surface area contributed by atoms with Crippen molar-refractivity contribution in [1.29, 1.82) is 5.41 Å². The zero-order valence-corrected chi connectivity index (χ0v) is 23.2. The van der Waals surface area contributed by atoms with Gasteiger partial charge in [0.25, 0.3) is 0 Å². The molecule has 0 aliphatic carbocycles. The molecule has 0 saturated carbocycles. The van der Waals surface area contributed by atoms with E-state index >= 15 is 0 Å². The standard InChI is InChI=1S/C32H37N5O4/c1-2-20-41-32(40)36-28(27(23-10-5-3-6-11-23)24-12-7-4-8-13-24)31(39)37-19-9-14-26(37)30(38)35-21-22-15-17-25(18-16-22)29(33)34/h3-8,10-13,15-18,26-28H,2,9,14,19-21H2,1H3,(H3,33,34)(H,35,38)(H,36,40)/t26-,28+/m0/s1. The molecule has 0 aromatic heterocycles. The maximum atomic E-state index is 14.3. The highest BCUT2D eigenvalue weighted by molar-refractivity contribution is 5.95. The molecule has 9 nitrogen and oxygen atoms in total. The summed E-state index contributed by atoms with van der Waals surface area (Å²) in [6.07, 6.45) is 1.18. The molecule has 1 aliphatic heterocycles. The lowest BCUT2D eigenvalue weighted by atomic mass is 9.84. The molecular weight excluding hydrogens is 518 g/mol. The van der Waals surface area contributed by atoms with E-state index < -0.39 is 24.1 Å². The first kappa shape index (κ1) is 29.3. The second-order valence-electron chi connectivity index (χ2n) is 10.1. The van der Waals surface area contributed by atoms with Crippen LogP contribution in [0.25, 0.3) is 0 Å². The van der Waals surface area contributed by atoms with Crippen LogP contribution in [0, 0.1) is 5.41 Å². The Morgan fingerprint density at radius 1 is 0.976 bits per heavy atom. The van der Waals surface area contributed by atoms with Crippen LogP contribution in [0.1, 0.15) is 54.4 Å². The van der Waals surface area contributed by atoms with E-state index in [0.717, 1.165) is 16.7 Å². The first-order valence-corrected chi connectivity index (χ1v) is 13.9. The molecule has 1 aliphatic rings. The van der Waals surface area contributed by atoms with E-state index in [2.05, 4.69) is 10.6 Å². The monoisotopic (exact) mass is 555 g/mol. The molecule has 3 aromatic rings. The number of carbonyl (C=O) groups is 3. The molecule has 41 heavy (non-hydrogen) atoms. The minimum atomic E-state index is -0.989. The van der Waals surface area contributed by atoms with E-state index in [1.54, 1.807) is 29.2 Å². The van der Waals surface area contributed by atoms with Crippen molar-refractivity contribution in [2.45, 2.75) is 50.7 Å². The second kappa shape index (κ2) is 14.1. The fraction of sp³-hybridized carbons (Fsp3) is 0.312. The lowest BCUT2D eigenvalue weighted by Crippen LogP contribution is -2.55. The van der Waals surface area contributed by atoms with Gasteiger partial charge in [-0.1, -0.05) is 91.9 Å². The van der Waals surface area contributed by atoms with E-state index in [1.807, 2.05) is 67.6 Å². The van der Waals surface area contributed by atoms with Gasteiger partial charge in [0.2, 0.25) is 11.8 Å². The predicted octanol–water partition coefficient (Wildman–Crippen LogP) is 3.91. The van der Waals surface area contributed by atoms with E-state index in [4.69, 9.17) is 15.9 Å². The lowest BCUT2D eigenvalue weighted by molar-refractivity contribution is -0.140. The van der Waals surface area contributed by atoms with Crippen LogP contribution in [0.3, 0.4) is 0 Å². The number of alkyl carbamates (subject to hydrolysis) is 1. The van der Waals surface area contributed by atoms with Gasteiger partial charge in [0.15, 0.2) is 0 Å². The number of ether oxygens (including phenoxy) is 1. The van der Waals surface area contributed by atoms with Crippen molar-refractivity contribution in [3.05, 3.63) is 107 Å². The Hall–Kier alpha value is -4.66. The molecule has 5 N–H and O–H groups in total. The van der Waals surface area contributed by atoms with Crippen LogP contribution in [0.15, 0.2) is 84.9 Å². The largest absolute Gasteiger partial charge is 0.450 e. The topological polar surface area (TPSA) is 138 Å². The zero-order chi connectivity index (χ0) is 29.2. The zero-order valence-electron chi connectivity index (χ0n) is 23.2. The van der Waals surface area contributed by atoms with Crippen molar-refractivity contribution in [2.24, 2.45) is 5.73 Å². The highest BCUT2D eigenvalue weighted by atomic mass is 16.5. The maximum Gasteiger partial charge on any atom is 0.407 e. The Morgan fingerprint density at radius 2 is 1.59 bits per heavy atom. The number of hydrogen-bond acceptors (Lipinski definition) is 5. The summed E-state index contributed by atoms with van der Waals surface area (Å²) in [5.74, 6) is -1.11. The average molecular weight is 556 g/mol. The third kappa shape index (κ3) is 7.51. The highest BCUT2D eigenvalue weighted by Crippen LogP contribution is 2.31. The van der Waals surface area contributed by atoms with Gasteiger partial charge in [0.05, 0.1) is 6.61 Å². The molecule has 1 fully saturated rings. The van der Waals surface area contributed by atoms with Crippen LogP contribution >= 0.6 is 0 Å². The number of benzene rings is 3. The van der Waals surface area contributed by atoms with Gasteiger partial charge < -0.3 is 26.0 Å². The van der Waals surface area contributed by atoms with Crippen molar-refractivity contribution in [2.75, 3.05) is 13.2 Å². The molecule has 3 aromatic carbocycles. The Balaban J connectivity index is 1.58. The van der Waals surface area contributed by atoms with E-state index in [1.165, 1.54) is 0 Å². The number of likely N-dealkylation sites (tertiary alicyclic amines) is 1. The van der Waals surface area contributed by atoms with Gasteiger partial charge in [-0.2, -0.15) is 0 Å². The van der Waals surface area contributed by atoms with E-state index in [0.29, 0.717) is 31.4 Å². The number of amidine groups is 1. The number of rotatable bonds is 11. The van der Waals surface area contributed by atoms with Crippen LogP contribution < -0.4 is 16.4 Å². The van der Waals surface area contributed by atoms with Gasteiger partial charge in [-0.25, -0.2) is 4.79 Å². The molecule has 1 heterocycles. The summed E-state index contributed by atoms with van der Waals surface area (Å²) < 4.78 is 5.32. The minimum Gasteiger partial charge on any atom is -0.450 e. The van der Waals surface area contributed by atoms with E-state index in [9.17, 15) is 14.4 Å². The summed E-state index contributed by atoms with van der Waals surface area (Å²) in [7, 11) is 0. The van der Waals surface area contributed by atoms with Gasteiger partial charge in [-0.15, -0.1) is 0 Å². The molecule has 2 atom stereocenters. The van der Waals surface area contributed by atoms with Crippen molar-refractivity contribution < 1.29 is 19.1 Å². The third-order valence-electron chi connectivity index (χ3n) is 7.20. The molecule has 4 rings (SSSR count). The summed E-state index contributed by atoms with van der Waals surface area (Å²) in [5, 5.41) is 13.3. The Morgan fingerprint density at radius 3 is 2.15 bits per heavy atom. The summed E-state index contributed by atoms with van der Waals surface area (Å²) in [5.41, 5.74) is 8.71. The van der Waals surface area contributed by atoms with Crippen LogP contribution in [0.4, 0.5) is 4.79 Å². The fourth-order valence-corrected chi connectivity index (χ4v) is 5.14. The molecule has 0 radical (unpaired) electrons. The molecule has 214 valence electrons. The Bertz CT molecular complexity index is 1290. The summed E-state index contributed by atoms with van der Waals surface area (Å²) in [4.78, 5) is 42.0. The summed E-state index contributed by atoms with van der Waals surface area (Å²) in [6.45, 7) is 2.81. The van der Waals surface area contributed by atoms with Gasteiger partial charge in [-0.3, -0.25) is 15.0 Å². The number of nitrogens with one attached hydrogen (secondary N) is 3. The minimum absolute atomic E-state index is 0.0215. The average Bonchev–Trinajstić information content (AvgIpc) is 3.50. The first-order chi connectivity index (χ1) is 19.9. The number of nitrogen functional groups attached to an aromatic ring is 1. The lowest BCUT2D eigenvalue weighted by Gasteiger charge is -2.33. The van der Waals surface area contributed by atoms with E-state index in [-0.39, 0.29) is 30.8 Å². The molecule has 0 bridgehead atoms. The van der Waals surface area contributed by atoms with Crippen molar-refractivity contribution >= 4 is 23.7 Å². The highest BCUT2D eigenvalue weighted by Gasteiger charge is 2.41. The van der Waals surface area contributed by atoms with Gasteiger partial charge in [0.1, 0.15) is 17.9 Å². The van der Waals surface area contributed by atoms with Gasteiger partial charge in [-0.05, 0) is 36.0 Å². The third-order valence-corrected chi connectivity index (χ3v) is 7.20. The number of hydrogen-bond donors (Lipinski definition) is 4. The van der Waals surface area contributed by atoms with Gasteiger partial charge >= 0.3 is 6.09 Å². The Labute approximate surface area is 240 Å². The molecule has 0 spiro atoms. The van der Waals surface area contributed by atoms with Crippen LogP contribution in [-0.2, 0) is 20.9 Å². The quantitative estimate of drug-likeness (QED) is 0.210. The number of nitrogens with two attached hydrogens (primary N) is 1. The number of amides is 3. The van der Waals surface area contributed by atoms with Crippen LogP contribution in [0.5, 0.6) is 0 Å². The SMILES string of the molecule is CCCOC(=O)N[C@@H](C(=O)N1CCC[C@H]1C(=O)NCc1ccc(C(=N)N)cc1)C(c1ccccc1)c1ccccc1. The molecule has 3 amide bonds. The predicted molar refractivity (Wildman–Crippen MR) is 157 cm³/mol. The van der Waals surface area contributed by atoms with Gasteiger partial charge in [0, 0.05) is 24.6 Å². The summed E-state index contributed by atoms with van der Waals surface area (Å²) >= 11 is 0. The normalized spacial score (nSPS) is 15.3. The molecule has 9 heteroatoms.